The first-order valence-corrected chi connectivity index (χ1v) is 7.25. The predicted octanol–water partition coefficient (Wildman–Crippen LogP) is 1.31. The molecule has 7 nitrogen and oxygen atoms in total. The molecule has 8 heteroatoms. The van der Waals surface area contributed by atoms with Crippen LogP contribution >= 0.6 is 11.3 Å². The van der Waals surface area contributed by atoms with E-state index in [2.05, 4.69) is 5.32 Å². The highest BCUT2D eigenvalue weighted by atomic mass is 32.1. The molecule has 0 aliphatic rings. The Morgan fingerprint density at radius 3 is 2.24 bits per heavy atom. The number of esters is 2. The quantitative estimate of drug-likeness (QED) is 0.766. The van der Waals surface area contributed by atoms with Gasteiger partial charge in [-0.25, -0.2) is 9.59 Å². The van der Waals surface area contributed by atoms with Gasteiger partial charge >= 0.3 is 11.9 Å². The Labute approximate surface area is 126 Å². The van der Waals surface area contributed by atoms with Crippen molar-refractivity contribution in [3.05, 3.63) is 16.0 Å². The van der Waals surface area contributed by atoms with Crippen LogP contribution in [0.5, 0.6) is 0 Å². The van der Waals surface area contributed by atoms with Crippen LogP contribution in [0.1, 0.15) is 39.4 Å². The molecule has 1 rings (SSSR count). The number of thiophene rings is 1. The molecule has 1 aromatic heterocycles. The van der Waals surface area contributed by atoms with Gasteiger partial charge in [0.1, 0.15) is 9.88 Å². The van der Waals surface area contributed by atoms with E-state index in [-0.39, 0.29) is 35.2 Å². The highest BCUT2D eigenvalue weighted by Crippen LogP contribution is 2.34. The lowest BCUT2D eigenvalue weighted by Gasteiger charge is -2.05. The summed E-state index contributed by atoms with van der Waals surface area (Å²) in [5.74, 6) is -1.61. The van der Waals surface area contributed by atoms with E-state index in [1.54, 1.807) is 20.8 Å². The molecule has 0 aromatic carbocycles. The van der Waals surface area contributed by atoms with E-state index in [1.807, 2.05) is 0 Å². The van der Waals surface area contributed by atoms with Crippen LogP contribution in [-0.2, 0) is 14.3 Å². The molecule has 0 aliphatic carbocycles. The predicted molar refractivity (Wildman–Crippen MR) is 78.7 cm³/mol. The first-order valence-electron chi connectivity index (χ1n) is 6.43. The molecular weight excluding hydrogens is 296 g/mol. The number of anilines is 1. The second kappa shape index (κ2) is 7.75. The van der Waals surface area contributed by atoms with Gasteiger partial charge < -0.3 is 20.5 Å². The third kappa shape index (κ3) is 4.02. The van der Waals surface area contributed by atoms with Crippen molar-refractivity contribution in [2.45, 2.75) is 20.8 Å². The summed E-state index contributed by atoms with van der Waals surface area (Å²) >= 11 is 0.969. The molecule has 0 radical (unpaired) electrons. The normalized spacial score (nSPS) is 10.1. The molecule has 0 fully saturated rings. The van der Waals surface area contributed by atoms with Crippen molar-refractivity contribution in [1.82, 2.24) is 0 Å². The lowest BCUT2D eigenvalue weighted by Crippen LogP contribution is -2.22. The Balaban J connectivity index is 3.26. The van der Waals surface area contributed by atoms with E-state index in [0.29, 0.717) is 5.56 Å². The third-order valence-electron chi connectivity index (χ3n) is 2.53. The van der Waals surface area contributed by atoms with Crippen LogP contribution in [0.2, 0.25) is 0 Å². The van der Waals surface area contributed by atoms with Gasteiger partial charge in [-0.05, 0) is 26.3 Å². The topological polar surface area (TPSA) is 108 Å². The van der Waals surface area contributed by atoms with E-state index in [0.717, 1.165) is 11.3 Å². The molecule has 1 heterocycles. The highest BCUT2D eigenvalue weighted by Gasteiger charge is 2.26. The highest BCUT2D eigenvalue weighted by molar-refractivity contribution is 7.18. The molecule has 0 unspecified atom stereocenters. The van der Waals surface area contributed by atoms with Crippen molar-refractivity contribution >= 4 is 34.2 Å². The zero-order valence-electron chi connectivity index (χ0n) is 12.1. The number of hydrogen-bond acceptors (Lipinski definition) is 7. The van der Waals surface area contributed by atoms with Gasteiger partial charge in [0, 0.05) is 0 Å². The Morgan fingerprint density at radius 2 is 1.71 bits per heavy atom. The average molecular weight is 314 g/mol. The minimum Gasteiger partial charge on any atom is -0.462 e. The van der Waals surface area contributed by atoms with Gasteiger partial charge in [-0.1, -0.05) is 0 Å². The summed E-state index contributed by atoms with van der Waals surface area (Å²) in [4.78, 5) is 35.6. The molecule has 21 heavy (non-hydrogen) atoms. The summed E-state index contributed by atoms with van der Waals surface area (Å²) in [5, 5.41) is 2.74. The average Bonchev–Trinajstić information content (AvgIpc) is 2.76. The summed E-state index contributed by atoms with van der Waals surface area (Å²) < 4.78 is 9.88. The Bertz CT molecular complexity index is 553. The monoisotopic (exact) mass is 314 g/mol. The van der Waals surface area contributed by atoms with Crippen molar-refractivity contribution in [2.75, 3.05) is 25.1 Å². The summed E-state index contributed by atoms with van der Waals surface area (Å²) in [5.41, 5.74) is 5.82. The molecule has 0 atom stereocenters. The van der Waals surface area contributed by atoms with E-state index < -0.39 is 17.8 Å². The van der Waals surface area contributed by atoms with Gasteiger partial charge in [0.05, 0.1) is 25.3 Å². The van der Waals surface area contributed by atoms with Crippen molar-refractivity contribution in [2.24, 2.45) is 5.73 Å². The first kappa shape index (κ1) is 17.1. The molecule has 0 aliphatic heterocycles. The number of nitrogens with two attached hydrogens (primary N) is 1. The lowest BCUT2D eigenvalue weighted by molar-refractivity contribution is -0.114. The third-order valence-corrected chi connectivity index (χ3v) is 3.71. The zero-order valence-corrected chi connectivity index (χ0v) is 13.0. The number of rotatable bonds is 6. The standard InChI is InChI=1S/C13H18N2O5S/c1-4-19-12(17)9-7(3)10(13(18)20-5-2)21-11(9)15-8(16)6-14/h4-6,14H2,1-3H3,(H,15,16). The van der Waals surface area contributed by atoms with Crippen LogP contribution in [0, 0.1) is 6.92 Å². The molecule has 116 valence electrons. The van der Waals surface area contributed by atoms with Gasteiger partial charge in [0.2, 0.25) is 5.91 Å². The fraction of sp³-hybridized carbons (Fsp3) is 0.462. The minimum atomic E-state index is -0.603. The Hall–Kier alpha value is -1.93. The van der Waals surface area contributed by atoms with E-state index in [9.17, 15) is 14.4 Å². The Kier molecular flexibility index (Phi) is 6.32. The van der Waals surface area contributed by atoms with Crippen LogP contribution in [-0.4, -0.2) is 37.6 Å². The SMILES string of the molecule is CCOC(=O)c1sc(NC(=O)CN)c(C(=O)OCC)c1C. The molecule has 1 aromatic rings. The van der Waals surface area contributed by atoms with Crippen molar-refractivity contribution < 1.29 is 23.9 Å². The zero-order chi connectivity index (χ0) is 16.0. The first-order chi connectivity index (χ1) is 9.96. The maximum atomic E-state index is 12.0. The number of carbonyl (C=O) groups is 3. The molecule has 1 amide bonds. The maximum absolute atomic E-state index is 12.0. The van der Waals surface area contributed by atoms with Gasteiger partial charge in [0.25, 0.3) is 0 Å². The number of amides is 1. The number of carbonyl (C=O) groups excluding carboxylic acids is 3. The van der Waals surface area contributed by atoms with Crippen molar-refractivity contribution in [1.29, 1.82) is 0 Å². The fourth-order valence-corrected chi connectivity index (χ4v) is 2.72. The second-order valence-corrected chi connectivity index (χ2v) is 4.97. The largest absolute Gasteiger partial charge is 0.462 e. The van der Waals surface area contributed by atoms with Crippen LogP contribution in [0.4, 0.5) is 5.00 Å². The van der Waals surface area contributed by atoms with Gasteiger partial charge in [-0.2, -0.15) is 0 Å². The van der Waals surface area contributed by atoms with Crippen LogP contribution in [0.25, 0.3) is 0 Å². The number of nitrogens with one attached hydrogen (secondary N) is 1. The van der Waals surface area contributed by atoms with Gasteiger partial charge in [-0.3, -0.25) is 4.79 Å². The summed E-state index contributed by atoms with van der Waals surface area (Å²) in [6.45, 7) is 5.14. The molecule has 0 bridgehead atoms. The Morgan fingerprint density at radius 1 is 1.14 bits per heavy atom. The lowest BCUT2D eigenvalue weighted by atomic mass is 10.1. The summed E-state index contributed by atoms with van der Waals surface area (Å²) in [6, 6.07) is 0. The van der Waals surface area contributed by atoms with Gasteiger partial charge in [-0.15, -0.1) is 11.3 Å². The molecule has 0 saturated heterocycles. The van der Waals surface area contributed by atoms with E-state index in [1.165, 1.54) is 0 Å². The number of ether oxygens (including phenoxy) is 2. The maximum Gasteiger partial charge on any atom is 0.348 e. The molecular formula is C13H18N2O5S. The van der Waals surface area contributed by atoms with Crippen molar-refractivity contribution in [3.8, 4) is 0 Å². The smallest absolute Gasteiger partial charge is 0.348 e. The second-order valence-electron chi connectivity index (χ2n) is 3.95. The van der Waals surface area contributed by atoms with Crippen LogP contribution < -0.4 is 11.1 Å². The minimum absolute atomic E-state index is 0.159. The van der Waals surface area contributed by atoms with E-state index >= 15 is 0 Å². The summed E-state index contributed by atoms with van der Waals surface area (Å²) in [7, 11) is 0. The summed E-state index contributed by atoms with van der Waals surface area (Å²) in [6.07, 6.45) is 0. The van der Waals surface area contributed by atoms with Crippen molar-refractivity contribution in [3.63, 3.8) is 0 Å². The number of hydrogen-bond donors (Lipinski definition) is 2. The molecule has 3 N–H and O–H groups in total. The molecule has 0 saturated carbocycles. The van der Waals surface area contributed by atoms with Crippen LogP contribution in [0.15, 0.2) is 0 Å². The van der Waals surface area contributed by atoms with E-state index in [4.69, 9.17) is 15.2 Å². The van der Waals surface area contributed by atoms with Crippen LogP contribution in [0.3, 0.4) is 0 Å². The fourth-order valence-electron chi connectivity index (χ4n) is 1.62. The molecule has 0 spiro atoms. The van der Waals surface area contributed by atoms with Gasteiger partial charge in [0.15, 0.2) is 0 Å².